The summed E-state index contributed by atoms with van der Waals surface area (Å²) in [6, 6.07) is 16.3. The lowest BCUT2D eigenvalue weighted by Crippen LogP contribution is -2.06. The van der Waals surface area contributed by atoms with Gasteiger partial charge in [-0.15, -0.1) is 0 Å². The molecule has 0 atom stereocenters. The zero-order chi connectivity index (χ0) is 20.5. The Bertz CT molecular complexity index is 1220. The zero-order valence-corrected chi connectivity index (χ0v) is 14.6. The van der Waals surface area contributed by atoms with E-state index >= 15 is 0 Å². The van der Waals surface area contributed by atoms with E-state index in [0.717, 1.165) is 29.0 Å². The average Bonchev–Trinajstić information content (AvgIpc) is 3.07. The number of esters is 1. The van der Waals surface area contributed by atoms with Gasteiger partial charge in [-0.3, -0.25) is 20.2 Å². The topological polar surface area (TPSA) is 125 Å². The van der Waals surface area contributed by atoms with Crippen LogP contribution >= 0.6 is 0 Å². The summed E-state index contributed by atoms with van der Waals surface area (Å²) in [7, 11) is 0. The van der Waals surface area contributed by atoms with Gasteiger partial charge in [-0.1, -0.05) is 36.4 Å². The predicted octanol–water partition coefficient (Wildman–Crippen LogP) is 4.00. The molecule has 9 heteroatoms. The van der Waals surface area contributed by atoms with E-state index in [0.29, 0.717) is 5.56 Å². The van der Waals surface area contributed by atoms with Crippen molar-refractivity contribution in [2.24, 2.45) is 4.99 Å². The summed E-state index contributed by atoms with van der Waals surface area (Å²) in [5.74, 6) is -0.820. The number of rotatable bonds is 4. The first-order valence-electron chi connectivity index (χ1n) is 8.38. The third-order valence-corrected chi connectivity index (χ3v) is 4.38. The highest BCUT2D eigenvalue weighted by Crippen LogP contribution is 2.32. The summed E-state index contributed by atoms with van der Waals surface area (Å²) in [4.78, 5) is 37.5. The van der Waals surface area contributed by atoms with Crippen molar-refractivity contribution < 1.29 is 19.4 Å². The van der Waals surface area contributed by atoms with Gasteiger partial charge in [0.1, 0.15) is 5.56 Å². The average molecular weight is 389 g/mol. The number of hydrogen-bond donors (Lipinski definition) is 0. The lowest BCUT2D eigenvalue weighted by Gasteiger charge is -2.04. The minimum Gasteiger partial charge on any atom is -0.402 e. The van der Waals surface area contributed by atoms with Crippen molar-refractivity contribution in [2.75, 3.05) is 0 Å². The minimum absolute atomic E-state index is 0.0271. The predicted molar refractivity (Wildman–Crippen MR) is 104 cm³/mol. The van der Waals surface area contributed by atoms with E-state index in [1.54, 1.807) is 12.1 Å². The Morgan fingerprint density at radius 1 is 0.862 bits per heavy atom. The van der Waals surface area contributed by atoms with Gasteiger partial charge in [0.15, 0.2) is 5.70 Å². The fourth-order valence-electron chi connectivity index (χ4n) is 3.08. The highest BCUT2D eigenvalue weighted by atomic mass is 16.6. The smallest absolute Gasteiger partial charge is 0.363 e. The molecule has 4 rings (SSSR count). The molecule has 0 radical (unpaired) electrons. The quantitative estimate of drug-likeness (QED) is 0.287. The molecule has 0 bridgehead atoms. The van der Waals surface area contributed by atoms with E-state index in [2.05, 4.69) is 4.99 Å². The number of fused-ring (bicyclic) bond motifs is 1. The number of cyclic esters (lactones) is 1. The zero-order valence-electron chi connectivity index (χ0n) is 14.6. The number of carbonyl (C=O) groups excluding carboxylic acids is 1. The molecule has 0 aliphatic carbocycles. The van der Waals surface area contributed by atoms with E-state index in [9.17, 15) is 25.0 Å². The molecule has 0 N–H and O–H groups in total. The van der Waals surface area contributed by atoms with Crippen molar-refractivity contribution in [2.45, 2.75) is 0 Å². The molecule has 0 saturated carbocycles. The first-order valence-corrected chi connectivity index (χ1v) is 8.38. The fraction of sp³-hybridized carbons (Fsp3) is 0. The van der Waals surface area contributed by atoms with Crippen molar-refractivity contribution in [1.29, 1.82) is 0 Å². The van der Waals surface area contributed by atoms with Gasteiger partial charge in [0.2, 0.25) is 5.90 Å². The van der Waals surface area contributed by atoms with Crippen molar-refractivity contribution in [3.05, 3.63) is 97.7 Å². The van der Waals surface area contributed by atoms with E-state index < -0.39 is 27.2 Å². The molecule has 1 aliphatic heterocycles. The van der Waals surface area contributed by atoms with E-state index in [1.807, 2.05) is 30.3 Å². The number of nitrogens with zero attached hydrogens (tertiary/aromatic N) is 3. The van der Waals surface area contributed by atoms with E-state index in [-0.39, 0.29) is 17.2 Å². The first kappa shape index (κ1) is 18.0. The lowest BCUT2D eigenvalue weighted by molar-refractivity contribution is -0.394. The molecule has 0 fully saturated rings. The highest BCUT2D eigenvalue weighted by Gasteiger charge is 2.29. The van der Waals surface area contributed by atoms with Gasteiger partial charge in [-0.05, 0) is 29.0 Å². The maximum atomic E-state index is 12.3. The monoisotopic (exact) mass is 389 g/mol. The van der Waals surface area contributed by atoms with Crippen LogP contribution in [0.5, 0.6) is 0 Å². The van der Waals surface area contributed by atoms with Gasteiger partial charge < -0.3 is 4.74 Å². The Balaban J connectivity index is 1.86. The molecule has 142 valence electrons. The van der Waals surface area contributed by atoms with Crippen LogP contribution in [0.15, 0.2) is 71.4 Å². The molecule has 1 heterocycles. The van der Waals surface area contributed by atoms with Crippen LogP contribution in [-0.2, 0) is 9.53 Å². The summed E-state index contributed by atoms with van der Waals surface area (Å²) in [6.07, 6.45) is 1.01. The Kier molecular flexibility index (Phi) is 4.32. The van der Waals surface area contributed by atoms with Crippen molar-refractivity contribution in [3.63, 3.8) is 0 Å². The van der Waals surface area contributed by atoms with Gasteiger partial charge in [0.05, 0.1) is 9.85 Å². The summed E-state index contributed by atoms with van der Waals surface area (Å²) < 4.78 is 5.24. The van der Waals surface area contributed by atoms with Crippen molar-refractivity contribution >= 4 is 40.1 Å². The van der Waals surface area contributed by atoms with Crippen LogP contribution in [0.2, 0.25) is 0 Å². The van der Waals surface area contributed by atoms with Crippen LogP contribution in [0.1, 0.15) is 11.1 Å². The molecule has 9 nitrogen and oxygen atoms in total. The summed E-state index contributed by atoms with van der Waals surface area (Å²) in [5.41, 5.74) is -1.03. The molecular weight excluding hydrogens is 378 g/mol. The number of hydrogen-bond acceptors (Lipinski definition) is 7. The fourth-order valence-corrected chi connectivity index (χ4v) is 3.08. The van der Waals surface area contributed by atoms with Crippen LogP contribution in [0.3, 0.4) is 0 Å². The number of nitro groups is 2. The van der Waals surface area contributed by atoms with Crippen LogP contribution in [-0.4, -0.2) is 21.7 Å². The highest BCUT2D eigenvalue weighted by molar-refractivity contribution is 6.17. The second-order valence-electron chi connectivity index (χ2n) is 6.09. The largest absolute Gasteiger partial charge is 0.402 e. The molecule has 0 unspecified atom stereocenters. The number of benzene rings is 3. The number of nitro benzene ring substituents is 2. The van der Waals surface area contributed by atoms with Crippen molar-refractivity contribution in [3.8, 4) is 0 Å². The maximum absolute atomic E-state index is 12.3. The molecule has 29 heavy (non-hydrogen) atoms. The molecule has 0 spiro atoms. The molecule has 0 amide bonds. The molecular formula is C20H11N3O6. The minimum atomic E-state index is -0.847. The second-order valence-corrected chi connectivity index (χ2v) is 6.09. The maximum Gasteiger partial charge on any atom is 0.363 e. The van der Waals surface area contributed by atoms with Crippen LogP contribution in [0, 0.1) is 20.2 Å². The van der Waals surface area contributed by atoms with Gasteiger partial charge in [-0.25, -0.2) is 9.79 Å². The molecule has 1 aliphatic rings. The Morgan fingerprint density at radius 2 is 1.48 bits per heavy atom. The summed E-state index contributed by atoms with van der Waals surface area (Å²) in [6.45, 7) is 0. The molecule has 3 aromatic carbocycles. The Morgan fingerprint density at radius 3 is 2.17 bits per heavy atom. The lowest BCUT2D eigenvalue weighted by atomic mass is 10.0. The van der Waals surface area contributed by atoms with Crippen LogP contribution in [0.4, 0.5) is 11.4 Å². The SMILES string of the molecule is O=C1OC(c2cccc3ccccc23)=N/C1=C\c1c([N+](=O)[O-])cccc1[N+](=O)[O-]. The standard InChI is InChI=1S/C20H11N3O6/c24-20-16(11-15-17(22(25)26)9-4-10-18(15)23(27)28)21-19(29-20)14-8-3-6-12-5-1-2-7-13(12)14/h1-11H/b16-11-. The third kappa shape index (κ3) is 3.21. The van der Waals surface area contributed by atoms with Crippen LogP contribution < -0.4 is 0 Å². The Hall–Kier alpha value is -4.40. The first-order chi connectivity index (χ1) is 14.0. The summed E-state index contributed by atoms with van der Waals surface area (Å²) >= 11 is 0. The molecule has 3 aromatic rings. The van der Waals surface area contributed by atoms with E-state index in [1.165, 1.54) is 6.07 Å². The third-order valence-electron chi connectivity index (χ3n) is 4.38. The molecule has 0 aromatic heterocycles. The summed E-state index contributed by atoms with van der Waals surface area (Å²) in [5, 5.41) is 24.3. The number of aliphatic imine (C=N–C) groups is 1. The van der Waals surface area contributed by atoms with Gasteiger partial charge in [0.25, 0.3) is 11.4 Å². The van der Waals surface area contributed by atoms with Gasteiger partial charge in [-0.2, -0.15) is 0 Å². The van der Waals surface area contributed by atoms with Crippen LogP contribution in [0.25, 0.3) is 16.8 Å². The van der Waals surface area contributed by atoms with Gasteiger partial charge >= 0.3 is 5.97 Å². The number of ether oxygens (including phenoxy) is 1. The normalized spacial score (nSPS) is 14.7. The van der Waals surface area contributed by atoms with Gasteiger partial charge in [0, 0.05) is 17.7 Å². The second kappa shape index (κ2) is 6.97. The Labute approximate surface area is 162 Å². The van der Waals surface area contributed by atoms with Crippen molar-refractivity contribution in [1.82, 2.24) is 0 Å². The number of carbonyl (C=O) groups is 1. The van der Waals surface area contributed by atoms with E-state index in [4.69, 9.17) is 4.74 Å². The molecule has 0 saturated heterocycles.